The van der Waals surface area contributed by atoms with Crippen LogP contribution in [-0.2, 0) is 9.53 Å². The maximum Gasteiger partial charge on any atom is 0.255 e. The second-order valence-electron chi connectivity index (χ2n) is 10.7. The van der Waals surface area contributed by atoms with Crippen LogP contribution in [0.2, 0.25) is 0 Å². The Hall–Kier alpha value is -3.91. The van der Waals surface area contributed by atoms with Crippen molar-refractivity contribution in [2.75, 3.05) is 40.4 Å². The summed E-state index contributed by atoms with van der Waals surface area (Å²) in [6, 6.07) is 14.5. The summed E-state index contributed by atoms with van der Waals surface area (Å²) in [6.45, 7) is 4.51. The van der Waals surface area contributed by atoms with E-state index < -0.39 is 0 Å². The van der Waals surface area contributed by atoms with E-state index in [4.69, 9.17) is 4.74 Å². The van der Waals surface area contributed by atoms with Crippen molar-refractivity contribution in [3.63, 3.8) is 0 Å². The topological polar surface area (TPSA) is 83.5 Å². The first-order valence-corrected chi connectivity index (χ1v) is 14.2. The number of likely N-dealkylation sites (tertiary alicyclic amines) is 1. The molecule has 5 rings (SSSR count). The van der Waals surface area contributed by atoms with Gasteiger partial charge < -0.3 is 24.1 Å². The molecule has 1 N–H and O–H groups in total. The van der Waals surface area contributed by atoms with E-state index in [0.717, 1.165) is 59.9 Å². The summed E-state index contributed by atoms with van der Waals surface area (Å²) in [5, 5.41) is 2.25. The van der Waals surface area contributed by atoms with Crippen molar-refractivity contribution >= 4 is 22.6 Å². The zero-order valence-electron chi connectivity index (χ0n) is 23.7. The normalized spacial score (nSPS) is 14.9. The molecule has 1 fully saturated rings. The molecule has 8 nitrogen and oxygen atoms in total. The van der Waals surface area contributed by atoms with Crippen molar-refractivity contribution in [1.29, 1.82) is 0 Å². The van der Waals surface area contributed by atoms with Gasteiger partial charge in [-0.3, -0.25) is 9.59 Å². The lowest BCUT2D eigenvalue weighted by atomic mass is 9.89. The van der Waals surface area contributed by atoms with Crippen LogP contribution in [0.3, 0.4) is 0 Å². The number of carbonyl (C=O) groups is 2. The monoisotopic (exact) mass is 541 g/mol. The third-order valence-electron chi connectivity index (χ3n) is 8.20. The molecule has 1 aliphatic heterocycles. The molecule has 2 aromatic carbocycles. The Balaban J connectivity index is 1.53. The Morgan fingerprint density at radius 2 is 1.88 bits per heavy atom. The lowest BCUT2D eigenvalue weighted by Crippen LogP contribution is -2.38. The molecular formula is C32H39N5O3. The number of methoxy groups -OCH3 is 1. The van der Waals surface area contributed by atoms with E-state index in [0.29, 0.717) is 31.1 Å². The molecule has 0 bridgehead atoms. The summed E-state index contributed by atoms with van der Waals surface area (Å²) in [6.07, 6.45) is 11.1. The zero-order valence-corrected chi connectivity index (χ0v) is 23.7. The molecular weight excluding hydrogens is 502 g/mol. The van der Waals surface area contributed by atoms with Gasteiger partial charge in [0.1, 0.15) is 0 Å². The Morgan fingerprint density at radius 3 is 2.60 bits per heavy atom. The minimum Gasteiger partial charge on any atom is -0.383 e. The minimum absolute atomic E-state index is 0.0134. The van der Waals surface area contributed by atoms with E-state index >= 15 is 0 Å². The van der Waals surface area contributed by atoms with E-state index in [2.05, 4.69) is 51.1 Å². The van der Waals surface area contributed by atoms with Gasteiger partial charge in [-0.1, -0.05) is 49.4 Å². The van der Waals surface area contributed by atoms with Crippen molar-refractivity contribution in [2.45, 2.75) is 38.6 Å². The zero-order chi connectivity index (χ0) is 28.1. The highest BCUT2D eigenvalue weighted by molar-refractivity contribution is 6.06. The molecule has 40 heavy (non-hydrogen) atoms. The molecule has 1 saturated heterocycles. The second-order valence-corrected chi connectivity index (χ2v) is 10.7. The van der Waals surface area contributed by atoms with Crippen LogP contribution in [0, 0.1) is 5.92 Å². The van der Waals surface area contributed by atoms with Gasteiger partial charge in [-0.25, -0.2) is 4.98 Å². The standard InChI is InChI=1S/C32H39N5O3/c1-4-31(38)36-14-12-23(13-15-36)18-30(29-19-33-22-34-29)37-20-27(28(21-37)32(39)35(2)16-17-40-3)26-11-7-9-24-8-5-6-10-25(24)26/h5-11,19-23,30H,4,12-18H2,1-3H3,(H,33,34). The van der Waals surface area contributed by atoms with Crippen molar-refractivity contribution in [1.82, 2.24) is 24.3 Å². The first-order chi connectivity index (χ1) is 19.5. The van der Waals surface area contributed by atoms with E-state index in [1.807, 2.05) is 43.4 Å². The molecule has 8 heteroatoms. The van der Waals surface area contributed by atoms with Gasteiger partial charge in [0.15, 0.2) is 0 Å². The number of nitrogens with one attached hydrogen (secondary N) is 1. The molecule has 2 aromatic heterocycles. The predicted molar refractivity (Wildman–Crippen MR) is 157 cm³/mol. The largest absolute Gasteiger partial charge is 0.383 e. The third-order valence-corrected chi connectivity index (χ3v) is 8.20. The summed E-state index contributed by atoms with van der Waals surface area (Å²) >= 11 is 0. The molecule has 3 heterocycles. The molecule has 1 aliphatic rings. The molecule has 0 saturated carbocycles. The van der Waals surface area contributed by atoms with Crippen LogP contribution in [0.15, 0.2) is 67.4 Å². The number of fused-ring (bicyclic) bond motifs is 1. The first-order valence-electron chi connectivity index (χ1n) is 14.2. The second kappa shape index (κ2) is 12.5. The summed E-state index contributed by atoms with van der Waals surface area (Å²) in [4.78, 5) is 37.4. The fourth-order valence-corrected chi connectivity index (χ4v) is 5.85. The molecule has 0 spiro atoms. The van der Waals surface area contributed by atoms with Gasteiger partial charge in [-0.2, -0.15) is 0 Å². The number of rotatable bonds is 10. The number of carbonyl (C=O) groups excluding carboxylic acids is 2. The van der Waals surface area contributed by atoms with Crippen LogP contribution in [0.5, 0.6) is 0 Å². The van der Waals surface area contributed by atoms with Crippen LogP contribution < -0.4 is 0 Å². The Bertz CT molecular complexity index is 1430. The summed E-state index contributed by atoms with van der Waals surface area (Å²) in [5.41, 5.74) is 3.63. The number of benzene rings is 2. The third kappa shape index (κ3) is 5.82. The number of aromatic nitrogens is 3. The predicted octanol–water partition coefficient (Wildman–Crippen LogP) is 5.38. The smallest absolute Gasteiger partial charge is 0.255 e. The highest BCUT2D eigenvalue weighted by Gasteiger charge is 2.28. The van der Waals surface area contributed by atoms with Crippen LogP contribution in [0.25, 0.3) is 21.9 Å². The maximum absolute atomic E-state index is 13.8. The van der Waals surface area contributed by atoms with E-state index in [1.54, 1.807) is 18.3 Å². The van der Waals surface area contributed by atoms with Gasteiger partial charge in [0, 0.05) is 58.2 Å². The fraction of sp³-hybridized carbons (Fsp3) is 0.406. The molecule has 0 aliphatic carbocycles. The SMILES string of the molecule is CCC(=O)N1CCC(CC(c2cnc[nH]2)n2cc(C(=O)N(C)CCOC)c(-c3cccc4ccccc34)c2)CC1. The molecule has 210 valence electrons. The maximum atomic E-state index is 13.8. The van der Waals surface area contributed by atoms with Gasteiger partial charge in [0.25, 0.3) is 5.91 Å². The lowest BCUT2D eigenvalue weighted by molar-refractivity contribution is -0.132. The summed E-state index contributed by atoms with van der Waals surface area (Å²) in [7, 11) is 3.47. The Labute approximate surface area is 235 Å². The molecule has 1 atom stereocenters. The van der Waals surface area contributed by atoms with Crippen LogP contribution in [0.1, 0.15) is 54.7 Å². The summed E-state index contributed by atoms with van der Waals surface area (Å²) < 4.78 is 7.43. The lowest BCUT2D eigenvalue weighted by Gasteiger charge is -2.33. The van der Waals surface area contributed by atoms with E-state index in [-0.39, 0.29) is 17.9 Å². The fourth-order valence-electron chi connectivity index (χ4n) is 5.85. The van der Waals surface area contributed by atoms with Crippen molar-refractivity contribution in [2.24, 2.45) is 5.92 Å². The number of ether oxygens (including phenoxy) is 1. The summed E-state index contributed by atoms with van der Waals surface area (Å²) in [5.74, 6) is 0.657. The number of aromatic amines is 1. The Morgan fingerprint density at radius 1 is 1.10 bits per heavy atom. The van der Waals surface area contributed by atoms with Gasteiger partial charge in [-0.05, 0) is 41.5 Å². The average Bonchev–Trinajstić information content (AvgIpc) is 3.69. The molecule has 1 unspecified atom stereocenters. The minimum atomic E-state index is -0.0338. The number of hydrogen-bond donors (Lipinski definition) is 1. The highest BCUT2D eigenvalue weighted by atomic mass is 16.5. The Kier molecular flexibility index (Phi) is 8.65. The van der Waals surface area contributed by atoms with Crippen LogP contribution in [0.4, 0.5) is 0 Å². The van der Waals surface area contributed by atoms with Crippen LogP contribution in [-0.4, -0.2) is 76.5 Å². The number of nitrogens with zero attached hydrogens (tertiary/aromatic N) is 4. The van der Waals surface area contributed by atoms with Crippen molar-refractivity contribution in [3.05, 3.63) is 78.6 Å². The van der Waals surface area contributed by atoms with Crippen LogP contribution >= 0.6 is 0 Å². The van der Waals surface area contributed by atoms with Crippen molar-refractivity contribution in [3.8, 4) is 11.1 Å². The van der Waals surface area contributed by atoms with Gasteiger partial charge in [0.05, 0.1) is 36.4 Å². The quantitative estimate of drug-likeness (QED) is 0.292. The average molecular weight is 542 g/mol. The van der Waals surface area contributed by atoms with Gasteiger partial charge >= 0.3 is 0 Å². The molecule has 2 amide bonds. The van der Waals surface area contributed by atoms with Gasteiger partial charge in [0.2, 0.25) is 5.91 Å². The number of hydrogen-bond acceptors (Lipinski definition) is 4. The van der Waals surface area contributed by atoms with E-state index in [9.17, 15) is 9.59 Å². The number of H-pyrrole nitrogens is 1. The van der Waals surface area contributed by atoms with Gasteiger partial charge in [-0.15, -0.1) is 0 Å². The molecule has 4 aromatic rings. The number of imidazole rings is 1. The number of piperidine rings is 1. The highest BCUT2D eigenvalue weighted by Crippen LogP contribution is 2.37. The molecule has 0 radical (unpaired) electrons. The number of likely N-dealkylation sites (N-methyl/N-ethyl adjacent to an activating group) is 1. The first kappa shape index (κ1) is 27.6. The van der Waals surface area contributed by atoms with Crippen molar-refractivity contribution < 1.29 is 14.3 Å². The number of amides is 2. The van der Waals surface area contributed by atoms with E-state index in [1.165, 1.54) is 0 Å².